The number of hydrogen-bond acceptors (Lipinski definition) is 1. The van der Waals surface area contributed by atoms with Crippen molar-refractivity contribution in [1.82, 2.24) is 4.57 Å². The van der Waals surface area contributed by atoms with Gasteiger partial charge in [0.1, 0.15) is 0 Å². The number of benzene rings is 9. The van der Waals surface area contributed by atoms with Crippen molar-refractivity contribution in [2.24, 2.45) is 0 Å². The fourth-order valence-electron chi connectivity index (χ4n) is 11.2. The van der Waals surface area contributed by atoms with Crippen LogP contribution in [0.3, 0.4) is 0 Å². The van der Waals surface area contributed by atoms with Gasteiger partial charge in [-0.2, -0.15) is 0 Å². The van der Waals surface area contributed by atoms with Crippen molar-refractivity contribution >= 4 is 33.2 Å². The van der Waals surface area contributed by atoms with E-state index in [-0.39, 0.29) is 5.41 Å². The molecule has 2 aliphatic rings. The molecule has 9 aromatic carbocycles. The molecule has 320 valence electrons. The summed E-state index contributed by atoms with van der Waals surface area (Å²) in [6, 6.07) is 82.6. The Balaban J connectivity index is 1.02. The van der Waals surface area contributed by atoms with Gasteiger partial charge in [0.2, 0.25) is 0 Å². The fraction of sp³-hybridized carbons (Fsp3) is 0.0769. The van der Waals surface area contributed by atoms with E-state index in [9.17, 15) is 0 Å². The summed E-state index contributed by atoms with van der Waals surface area (Å²) < 4.78 is 2.41. The van der Waals surface area contributed by atoms with E-state index >= 15 is 0 Å². The topological polar surface area (TPSA) is 8.17 Å². The molecule has 0 saturated heterocycles. The Morgan fingerprint density at radius 3 is 1.55 bits per heavy atom. The van der Waals surface area contributed by atoms with Crippen molar-refractivity contribution in [1.29, 1.82) is 0 Å². The summed E-state index contributed by atoms with van der Waals surface area (Å²) in [4.78, 5) is 2.40. The Morgan fingerprint density at radius 2 is 0.940 bits per heavy atom. The van der Waals surface area contributed by atoms with Crippen LogP contribution in [0.25, 0.3) is 49.7 Å². The number of hydrogen-bond donors (Lipinski definition) is 0. The van der Waals surface area contributed by atoms with Gasteiger partial charge in [-0.15, -0.1) is 0 Å². The zero-order chi connectivity index (χ0) is 45.1. The smallest absolute Gasteiger partial charge is 0.0713 e. The molecule has 2 aliphatic carbocycles. The van der Waals surface area contributed by atoms with Crippen LogP contribution in [0.5, 0.6) is 0 Å². The molecular weight excluding hydrogens is 809 g/mol. The maximum absolute atomic E-state index is 4.75. The van der Waals surface area contributed by atoms with E-state index < -0.39 is 5.41 Å². The molecule has 1 aromatic heterocycles. The van der Waals surface area contributed by atoms with Crippen molar-refractivity contribution in [3.8, 4) is 27.9 Å². The second kappa shape index (κ2) is 16.0. The molecule has 67 heavy (non-hydrogen) atoms. The Kier molecular flexibility index (Phi) is 9.66. The minimum absolute atomic E-state index is 0.271. The Morgan fingerprint density at radius 1 is 0.463 bits per heavy atom. The average Bonchev–Trinajstić information content (AvgIpc) is 3.89. The van der Waals surface area contributed by atoms with Crippen molar-refractivity contribution < 1.29 is 0 Å². The van der Waals surface area contributed by atoms with Crippen LogP contribution in [0.4, 0.5) is 11.4 Å². The summed E-state index contributed by atoms with van der Waals surface area (Å²) in [5.74, 6) is 0. The average molecular weight is 859 g/mol. The predicted molar refractivity (Wildman–Crippen MR) is 282 cm³/mol. The highest BCUT2D eigenvalue weighted by Gasteiger charge is 2.46. The summed E-state index contributed by atoms with van der Waals surface area (Å²) in [7, 11) is 0. The Hall–Kier alpha value is -8.20. The lowest BCUT2D eigenvalue weighted by Gasteiger charge is -2.35. The number of rotatable bonds is 7. The van der Waals surface area contributed by atoms with Gasteiger partial charge in [0.25, 0.3) is 0 Å². The summed E-state index contributed by atoms with van der Waals surface area (Å²) >= 11 is 0. The van der Waals surface area contributed by atoms with E-state index in [1.165, 1.54) is 77.4 Å². The molecule has 0 atom stereocenters. The normalized spacial score (nSPS) is 15.9. The van der Waals surface area contributed by atoms with Gasteiger partial charge in [0.05, 0.1) is 16.4 Å². The molecule has 1 heterocycles. The van der Waals surface area contributed by atoms with Crippen molar-refractivity contribution in [2.45, 2.75) is 31.1 Å². The molecule has 0 aliphatic heterocycles. The van der Waals surface area contributed by atoms with Crippen LogP contribution in [0.15, 0.2) is 261 Å². The summed E-state index contributed by atoms with van der Waals surface area (Å²) in [6.07, 6.45) is 7.72. The minimum Gasteiger partial charge on any atom is -0.311 e. The molecule has 0 saturated carbocycles. The van der Waals surface area contributed by atoms with Crippen LogP contribution < -0.4 is 4.90 Å². The van der Waals surface area contributed by atoms with E-state index in [0.29, 0.717) is 0 Å². The Labute approximate surface area is 393 Å². The molecule has 0 bridgehead atoms. The molecule has 2 nitrogen and oxygen atoms in total. The van der Waals surface area contributed by atoms with Gasteiger partial charge in [-0.1, -0.05) is 202 Å². The molecular formula is C65H50N2. The number of nitrogens with zero attached hydrogens (tertiary/aromatic N) is 2. The number of fused-ring (bicyclic) bond motifs is 7. The van der Waals surface area contributed by atoms with E-state index in [1.54, 1.807) is 0 Å². The highest BCUT2D eigenvalue weighted by Crippen LogP contribution is 2.56. The largest absolute Gasteiger partial charge is 0.311 e. The number of aromatic nitrogens is 1. The van der Waals surface area contributed by atoms with Crippen molar-refractivity contribution in [3.05, 3.63) is 294 Å². The van der Waals surface area contributed by atoms with Crippen LogP contribution >= 0.6 is 0 Å². The Bertz CT molecular complexity index is 3470. The van der Waals surface area contributed by atoms with E-state index in [0.717, 1.165) is 34.8 Å². The van der Waals surface area contributed by atoms with E-state index in [2.05, 4.69) is 266 Å². The van der Waals surface area contributed by atoms with Crippen LogP contribution in [0.2, 0.25) is 0 Å². The number of para-hydroxylation sites is 2. The van der Waals surface area contributed by atoms with Gasteiger partial charge >= 0.3 is 0 Å². The molecule has 12 rings (SSSR count). The number of anilines is 2. The molecule has 0 amide bonds. The van der Waals surface area contributed by atoms with Gasteiger partial charge < -0.3 is 9.47 Å². The maximum atomic E-state index is 4.75. The van der Waals surface area contributed by atoms with Crippen LogP contribution in [0, 0.1) is 0 Å². The highest BCUT2D eigenvalue weighted by molar-refractivity contribution is 6.09. The molecule has 0 fully saturated rings. The van der Waals surface area contributed by atoms with Gasteiger partial charge in [-0.05, 0) is 128 Å². The first kappa shape index (κ1) is 40.3. The van der Waals surface area contributed by atoms with E-state index in [1.807, 2.05) is 0 Å². The molecule has 0 radical (unpaired) electrons. The zero-order valence-electron chi connectivity index (χ0n) is 37.9. The second-order valence-electron chi connectivity index (χ2n) is 18.5. The third kappa shape index (κ3) is 6.47. The highest BCUT2D eigenvalue weighted by atomic mass is 15.1. The van der Waals surface area contributed by atoms with Gasteiger partial charge in [0, 0.05) is 38.9 Å². The molecule has 0 spiro atoms. The van der Waals surface area contributed by atoms with E-state index in [4.69, 9.17) is 6.58 Å². The lowest BCUT2D eigenvalue weighted by molar-refractivity contribution is 0.634. The second-order valence-corrected chi connectivity index (χ2v) is 18.5. The zero-order valence-corrected chi connectivity index (χ0v) is 37.9. The molecule has 2 heteroatoms. The fourth-order valence-corrected chi connectivity index (χ4v) is 11.2. The first-order chi connectivity index (χ1) is 32.9. The first-order valence-corrected chi connectivity index (χ1v) is 23.4. The third-order valence-corrected chi connectivity index (χ3v) is 14.6. The van der Waals surface area contributed by atoms with Gasteiger partial charge in [0.15, 0.2) is 0 Å². The monoisotopic (exact) mass is 858 g/mol. The number of allylic oxidation sites excluding steroid dienone is 4. The quantitative estimate of drug-likeness (QED) is 0.155. The van der Waals surface area contributed by atoms with Crippen LogP contribution in [-0.2, 0) is 17.3 Å². The van der Waals surface area contributed by atoms with Gasteiger partial charge in [-0.25, -0.2) is 0 Å². The maximum Gasteiger partial charge on any atom is 0.0713 e. The molecule has 0 N–H and O–H groups in total. The summed E-state index contributed by atoms with van der Waals surface area (Å²) in [5.41, 5.74) is 19.6. The van der Waals surface area contributed by atoms with Gasteiger partial charge in [-0.3, -0.25) is 0 Å². The first-order valence-electron chi connectivity index (χ1n) is 23.4. The lowest BCUT2D eigenvalue weighted by Crippen LogP contribution is -2.28. The summed E-state index contributed by atoms with van der Waals surface area (Å²) in [5, 5.41) is 2.52. The summed E-state index contributed by atoms with van der Waals surface area (Å²) in [6.45, 7) is 9.35. The van der Waals surface area contributed by atoms with Crippen LogP contribution in [-0.4, -0.2) is 4.57 Å². The van der Waals surface area contributed by atoms with Crippen molar-refractivity contribution in [3.63, 3.8) is 0 Å². The lowest BCUT2D eigenvalue weighted by atomic mass is 9.67. The SMILES string of the molecule is C=C1/C=C(N(c2ccc(-c3ccccc3)cc2)c2ccc(C3(c4ccc(-n5c6ccccc6c6ccccc65)cc4)c4ccccc4-c4ccccc43)cc2)\C=C/Cc2ccccc2C1(C)C. The molecule has 0 unspecified atom stereocenters. The van der Waals surface area contributed by atoms with Crippen molar-refractivity contribution in [2.75, 3.05) is 4.90 Å². The standard InChI is InChI=1S/C65H50N2/c1-45-44-54(22-17-21-48-20-7-12-27-59(48)64(45,2)3)66(51-38-32-47(33-39-51)46-18-5-4-6-19-46)52-40-34-49(35-41-52)65(60-28-13-8-23-55(60)56-24-9-14-29-61(56)65)50-36-42-53(43-37-50)67-62-30-15-10-25-57(62)58-26-11-16-31-63(58)67/h4-20,22-44H,1,21H2,2-3H3/b22-17-,54-44+. The van der Waals surface area contributed by atoms with Crippen LogP contribution in [0.1, 0.15) is 47.2 Å². The predicted octanol–water partition coefficient (Wildman–Crippen LogP) is 16.5. The minimum atomic E-state index is -0.561. The molecule has 10 aromatic rings. The third-order valence-electron chi connectivity index (χ3n) is 14.6.